The Labute approximate surface area is 112 Å². The van der Waals surface area contributed by atoms with Gasteiger partial charge in [-0.05, 0) is 24.2 Å². The van der Waals surface area contributed by atoms with E-state index in [0.717, 1.165) is 12.8 Å². The van der Waals surface area contributed by atoms with Gasteiger partial charge in [0.05, 0.1) is 5.75 Å². The van der Waals surface area contributed by atoms with Crippen molar-refractivity contribution in [2.75, 3.05) is 18.8 Å². The molecular weight excluding hydrogens is 248 g/mol. The zero-order valence-electron chi connectivity index (χ0n) is 12.1. The molecule has 2 unspecified atom stereocenters. The summed E-state index contributed by atoms with van der Waals surface area (Å²) in [5.74, 6) is 0.561. The van der Waals surface area contributed by atoms with Crippen LogP contribution in [-0.4, -0.2) is 37.6 Å². The molecule has 0 bridgehead atoms. The van der Waals surface area contributed by atoms with E-state index in [0.29, 0.717) is 25.4 Å². The Morgan fingerprint density at radius 2 is 1.94 bits per heavy atom. The third-order valence-electron chi connectivity index (χ3n) is 3.78. The summed E-state index contributed by atoms with van der Waals surface area (Å²) in [6.07, 6.45) is 2.44. The Morgan fingerprint density at radius 3 is 2.44 bits per heavy atom. The van der Waals surface area contributed by atoms with Crippen molar-refractivity contribution >= 4 is 10.0 Å². The number of rotatable bonds is 4. The van der Waals surface area contributed by atoms with Gasteiger partial charge in [0.1, 0.15) is 0 Å². The molecule has 108 valence electrons. The highest BCUT2D eigenvalue weighted by Crippen LogP contribution is 2.24. The predicted molar refractivity (Wildman–Crippen MR) is 75.8 cm³/mol. The summed E-state index contributed by atoms with van der Waals surface area (Å²) in [4.78, 5) is 0. The summed E-state index contributed by atoms with van der Waals surface area (Å²) in [6, 6.07) is 0.157. The van der Waals surface area contributed by atoms with Crippen molar-refractivity contribution in [1.29, 1.82) is 0 Å². The number of nitrogens with two attached hydrogens (primary N) is 1. The molecule has 0 aliphatic carbocycles. The number of nitrogens with zero attached hydrogens (tertiary/aromatic N) is 1. The first-order valence-electron chi connectivity index (χ1n) is 6.89. The quantitative estimate of drug-likeness (QED) is 0.852. The highest BCUT2D eigenvalue weighted by molar-refractivity contribution is 7.89. The average Bonchev–Trinajstić information content (AvgIpc) is 2.26. The number of sulfonamides is 1. The molecule has 0 aromatic carbocycles. The van der Waals surface area contributed by atoms with Crippen molar-refractivity contribution in [3.63, 3.8) is 0 Å². The molecule has 1 heterocycles. The smallest absolute Gasteiger partial charge is 0.214 e. The van der Waals surface area contributed by atoms with E-state index in [1.807, 2.05) is 0 Å². The van der Waals surface area contributed by atoms with Gasteiger partial charge < -0.3 is 5.73 Å². The van der Waals surface area contributed by atoms with Crippen LogP contribution in [0, 0.1) is 11.3 Å². The molecule has 0 amide bonds. The van der Waals surface area contributed by atoms with Crippen LogP contribution in [-0.2, 0) is 10.0 Å². The monoisotopic (exact) mass is 276 g/mol. The van der Waals surface area contributed by atoms with Crippen molar-refractivity contribution in [2.24, 2.45) is 17.1 Å². The fraction of sp³-hybridized carbons (Fsp3) is 1.00. The lowest BCUT2D eigenvalue weighted by molar-refractivity contribution is 0.229. The Bertz CT molecular complexity index is 360. The number of piperidine rings is 1. The highest BCUT2D eigenvalue weighted by atomic mass is 32.2. The third-order valence-corrected chi connectivity index (χ3v) is 5.62. The normalized spacial score (nSPS) is 27.4. The van der Waals surface area contributed by atoms with Gasteiger partial charge in [-0.25, -0.2) is 12.7 Å². The molecule has 1 fully saturated rings. The van der Waals surface area contributed by atoms with Gasteiger partial charge in [0, 0.05) is 19.1 Å². The van der Waals surface area contributed by atoms with Gasteiger partial charge in [-0.15, -0.1) is 0 Å². The zero-order valence-corrected chi connectivity index (χ0v) is 13.0. The van der Waals surface area contributed by atoms with Crippen LogP contribution in [0.15, 0.2) is 0 Å². The Morgan fingerprint density at radius 1 is 1.33 bits per heavy atom. The molecule has 2 atom stereocenters. The van der Waals surface area contributed by atoms with E-state index in [9.17, 15) is 8.42 Å². The molecular formula is C13H28N2O2S. The average molecular weight is 276 g/mol. The summed E-state index contributed by atoms with van der Waals surface area (Å²) in [6.45, 7) is 9.49. The molecule has 1 aliphatic rings. The van der Waals surface area contributed by atoms with Crippen LogP contribution in [0.2, 0.25) is 0 Å². The van der Waals surface area contributed by atoms with Crippen molar-refractivity contribution in [1.82, 2.24) is 4.31 Å². The lowest BCUT2D eigenvalue weighted by atomic mass is 9.92. The van der Waals surface area contributed by atoms with Crippen LogP contribution in [0.3, 0.4) is 0 Å². The molecule has 1 aliphatic heterocycles. The van der Waals surface area contributed by atoms with Gasteiger partial charge in [0.15, 0.2) is 0 Å². The fourth-order valence-corrected chi connectivity index (χ4v) is 4.20. The first-order chi connectivity index (χ1) is 8.15. The van der Waals surface area contributed by atoms with Gasteiger partial charge in [-0.2, -0.15) is 0 Å². The second kappa shape index (κ2) is 5.88. The number of hydrogen-bond donors (Lipinski definition) is 1. The predicted octanol–water partition coefficient (Wildman–Crippen LogP) is 1.81. The Hall–Kier alpha value is -0.130. The number of hydrogen-bond acceptors (Lipinski definition) is 3. The van der Waals surface area contributed by atoms with Gasteiger partial charge in [0.25, 0.3) is 0 Å². The Balaban J connectivity index is 2.63. The summed E-state index contributed by atoms with van der Waals surface area (Å²) >= 11 is 0. The van der Waals surface area contributed by atoms with Crippen molar-refractivity contribution < 1.29 is 8.42 Å². The third kappa shape index (κ3) is 4.52. The van der Waals surface area contributed by atoms with Crippen molar-refractivity contribution in [3.05, 3.63) is 0 Å². The summed E-state index contributed by atoms with van der Waals surface area (Å²) in [5.41, 5.74) is 6.08. The summed E-state index contributed by atoms with van der Waals surface area (Å²) in [5, 5.41) is 0. The maximum Gasteiger partial charge on any atom is 0.214 e. The van der Waals surface area contributed by atoms with E-state index < -0.39 is 10.0 Å². The van der Waals surface area contributed by atoms with Crippen LogP contribution in [0.5, 0.6) is 0 Å². The van der Waals surface area contributed by atoms with E-state index in [1.54, 1.807) is 4.31 Å². The molecule has 0 aromatic heterocycles. The van der Waals surface area contributed by atoms with E-state index in [1.165, 1.54) is 0 Å². The molecule has 0 spiro atoms. The van der Waals surface area contributed by atoms with Gasteiger partial charge in [-0.1, -0.05) is 34.1 Å². The summed E-state index contributed by atoms with van der Waals surface area (Å²) < 4.78 is 26.2. The molecule has 0 saturated carbocycles. The second-order valence-electron chi connectivity index (χ2n) is 6.61. The van der Waals surface area contributed by atoms with E-state index in [4.69, 9.17) is 5.73 Å². The minimum absolute atomic E-state index is 0.0589. The largest absolute Gasteiger partial charge is 0.327 e. The van der Waals surface area contributed by atoms with Crippen LogP contribution in [0.4, 0.5) is 0 Å². The second-order valence-corrected chi connectivity index (χ2v) is 8.69. The van der Waals surface area contributed by atoms with E-state index in [2.05, 4.69) is 27.7 Å². The first-order valence-corrected chi connectivity index (χ1v) is 8.50. The lowest BCUT2D eigenvalue weighted by Gasteiger charge is -2.36. The molecule has 1 rings (SSSR count). The topological polar surface area (TPSA) is 63.4 Å². The van der Waals surface area contributed by atoms with Crippen LogP contribution in [0.1, 0.15) is 47.0 Å². The van der Waals surface area contributed by atoms with Gasteiger partial charge in [-0.3, -0.25) is 0 Å². The lowest BCUT2D eigenvalue weighted by Crippen LogP contribution is -2.49. The van der Waals surface area contributed by atoms with Gasteiger partial charge in [0.2, 0.25) is 10.0 Å². The molecule has 2 N–H and O–H groups in total. The standard InChI is InChI=1S/C13H28N2O2S/c1-5-11-10-15(8-6-12(11)14)18(16,17)9-7-13(2,3)4/h11-12H,5-10,14H2,1-4H3. The Kier molecular flexibility index (Phi) is 5.21. The molecule has 4 nitrogen and oxygen atoms in total. The molecule has 5 heteroatoms. The van der Waals surface area contributed by atoms with Crippen LogP contribution in [0.25, 0.3) is 0 Å². The molecule has 1 saturated heterocycles. The van der Waals surface area contributed by atoms with E-state index in [-0.39, 0.29) is 17.2 Å². The van der Waals surface area contributed by atoms with Crippen LogP contribution < -0.4 is 5.73 Å². The first kappa shape index (κ1) is 15.9. The fourth-order valence-electron chi connectivity index (χ4n) is 2.27. The summed E-state index contributed by atoms with van der Waals surface area (Å²) in [7, 11) is -3.11. The zero-order chi connectivity index (χ0) is 14.0. The van der Waals surface area contributed by atoms with E-state index >= 15 is 0 Å². The molecule has 18 heavy (non-hydrogen) atoms. The van der Waals surface area contributed by atoms with Crippen molar-refractivity contribution in [2.45, 2.75) is 53.0 Å². The van der Waals surface area contributed by atoms with Crippen molar-refractivity contribution in [3.8, 4) is 0 Å². The molecule has 0 aromatic rings. The minimum Gasteiger partial charge on any atom is -0.327 e. The van der Waals surface area contributed by atoms with Gasteiger partial charge >= 0.3 is 0 Å². The molecule has 0 radical (unpaired) electrons. The minimum atomic E-state index is -3.11. The van der Waals surface area contributed by atoms with Crippen LogP contribution >= 0.6 is 0 Å². The highest BCUT2D eigenvalue weighted by Gasteiger charge is 2.32. The SMILES string of the molecule is CCC1CN(S(=O)(=O)CCC(C)(C)C)CCC1N. The maximum absolute atomic E-state index is 12.3. The maximum atomic E-state index is 12.3.